The minimum atomic E-state index is -0.0646. The molecule has 2 N–H and O–H groups in total. The maximum Gasteiger partial charge on any atom is 0.251 e. The molecule has 0 aliphatic carbocycles. The predicted molar refractivity (Wildman–Crippen MR) is 109 cm³/mol. The number of para-hydroxylation sites is 1. The molecular weight excluding hydrogens is 364 g/mol. The third kappa shape index (κ3) is 5.96. The molecule has 0 atom stereocenters. The Bertz CT molecular complexity index is 696. The van der Waals surface area contributed by atoms with Crippen LogP contribution in [0.25, 0.3) is 0 Å². The standard InChI is InChI=1S/C21H26N2O3.ClH/c1-25-16-21(11-13-22-14-12-21)15-23-20(24)17-7-9-19(10-8-17)26-18-5-3-2-4-6-18;/h2-10,22H,11-16H2,1H3,(H,23,24);1H. The number of piperidine rings is 1. The molecule has 1 aliphatic heterocycles. The quantitative estimate of drug-likeness (QED) is 0.757. The van der Waals surface area contributed by atoms with Gasteiger partial charge in [0.2, 0.25) is 0 Å². The van der Waals surface area contributed by atoms with E-state index in [-0.39, 0.29) is 23.7 Å². The second-order valence-corrected chi connectivity index (χ2v) is 6.81. The van der Waals surface area contributed by atoms with Gasteiger partial charge in [0.25, 0.3) is 5.91 Å². The van der Waals surface area contributed by atoms with Crippen molar-refractivity contribution in [2.24, 2.45) is 5.41 Å². The summed E-state index contributed by atoms with van der Waals surface area (Å²) in [5, 5.41) is 6.44. The molecule has 0 spiro atoms. The Morgan fingerprint density at radius 3 is 2.30 bits per heavy atom. The molecular formula is C21H27ClN2O3. The van der Waals surface area contributed by atoms with Gasteiger partial charge in [-0.1, -0.05) is 18.2 Å². The van der Waals surface area contributed by atoms with Gasteiger partial charge in [0.1, 0.15) is 11.5 Å². The van der Waals surface area contributed by atoms with Gasteiger partial charge in [-0.3, -0.25) is 4.79 Å². The van der Waals surface area contributed by atoms with Crippen molar-refractivity contribution in [3.05, 3.63) is 60.2 Å². The van der Waals surface area contributed by atoms with Gasteiger partial charge < -0.3 is 20.1 Å². The molecule has 0 unspecified atom stereocenters. The monoisotopic (exact) mass is 390 g/mol. The van der Waals surface area contributed by atoms with Crippen LogP contribution in [0.2, 0.25) is 0 Å². The Hall–Kier alpha value is -2.08. The summed E-state index contributed by atoms with van der Waals surface area (Å²) < 4.78 is 11.2. The lowest BCUT2D eigenvalue weighted by molar-refractivity contribution is 0.0512. The first kappa shape index (κ1) is 21.2. The number of halogens is 1. The van der Waals surface area contributed by atoms with Crippen LogP contribution in [0.5, 0.6) is 11.5 Å². The number of hydrogen-bond acceptors (Lipinski definition) is 4. The molecule has 1 saturated heterocycles. The van der Waals surface area contributed by atoms with Crippen molar-refractivity contribution in [3.8, 4) is 11.5 Å². The zero-order valence-corrected chi connectivity index (χ0v) is 16.4. The molecule has 6 heteroatoms. The zero-order chi connectivity index (χ0) is 18.2. The van der Waals surface area contributed by atoms with Crippen molar-refractivity contribution in [3.63, 3.8) is 0 Å². The van der Waals surface area contributed by atoms with Crippen LogP contribution in [0.3, 0.4) is 0 Å². The largest absolute Gasteiger partial charge is 0.457 e. The van der Waals surface area contributed by atoms with Crippen molar-refractivity contribution in [2.75, 3.05) is 33.4 Å². The first-order valence-electron chi connectivity index (χ1n) is 9.02. The average molecular weight is 391 g/mol. The van der Waals surface area contributed by atoms with Crippen molar-refractivity contribution in [1.29, 1.82) is 0 Å². The van der Waals surface area contributed by atoms with E-state index in [0.29, 0.717) is 24.5 Å². The van der Waals surface area contributed by atoms with E-state index in [4.69, 9.17) is 9.47 Å². The van der Waals surface area contributed by atoms with E-state index in [0.717, 1.165) is 31.7 Å². The number of rotatable bonds is 7. The van der Waals surface area contributed by atoms with Crippen molar-refractivity contribution >= 4 is 18.3 Å². The van der Waals surface area contributed by atoms with Gasteiger partial charge in [-0.05, 0) is 62.3 Å². The van der Waals surface area contributed by atoms with E-state index in [1.54, 1.807) is 19.2 Å². The number of nitrogens with one attached hydrogen (secondary N) is 2. The molecule has 1 aliphatic rings. The van der Waals surface area contributed by atoms with Gasteiger partial charge >= 0.3 is 0 Å². The number of benzene rings is 2. The highest BCUT2D eigenvalue weighted by molar-refractivity contribution is 5.94. The molecule has 27 heavy (non-hydrogen) atoms. The summed E-state index contributed by atoms with van der Waals surface area (Å²) in [4.78, 5) is 12.5. The maximum absolute atomic E-state index is 12.5. The number of ether oxygens (including phenoxy) is 2. The smallest absolute Gasteiger partial charge is 0.251 e. The van der Waals surface area contributed by atoms with Crippen molar-refractivity contribution in [1.82, 2.24) is 10.6 Å². The van der Waals surface area contributed by atoms with E-state index in [2.05, 4.69) is 10.6 Å². The van der Waals surface area contributed by atoms with E-state index < -0.39 is 0 Å². The van der Waals surface area contributed by atoms with Gasteiger partial charge in [0.15, 0.2) is 0 Å². The second-order valence-electron chi connectivity index (χ2n) is 6.81. The highest BCUT2D eigenvalue weighted by Crippen LogP contribution is 2.28. The fraction of sp³-hybridized carbons (Fsp3) is 0.381. The van der Waals surface area contributed by atoms with Crippen molar-refractivity contribution < 1.29 is 14.3 Å². The van der Waals surface area contributed by atoms with Crippen LogP contribution in [0.1, 0.15) is 23.2 Å². The zero-order valence-electron chi connectivity index (χ0n) is 15.6. The predicted octanol–water partition coefficient (Wildman–Crippen LogP) is 3.65. The SMILES string of the molecule is COCC1(CNC(=O)c2ccc(Oc3ccccc3)cc2)CCNCC1.Cl. The Kier molecular flexibility index (Phi) is 8.10. The molecule has 0 saturated carbocycles. The molecule has 1 fully saturated rings. The van der Waals surface area contributed by atoms with Crippen molar-refractivity contribution in [2.45, 2.75) is 12.8 Å². The van der Waals surface area contributed by atoms with Crippen LogP contribution in [-0.2, 0) is 4.74 Å². The molecule has 146 valence electrons. The van der Waals surface area contributed by atoms with Gasteiger partial charge in [-0.25, -0.2) is 0 Å². The highest BCUT2D eigenvalue weighted by atomic mass is 35.5. The third-order valence-electron chi connectivity index (χ3n) is 4.83. The molecule has 0 aromatic heterocycles. The van der Waals surface area contributed by atoms with E-state index >= 15 is 0 Å². The van der Waals surface area contributed by atoms with Crippen LogP contribution in [0.4, 0.5) is 0 Å². The van der Waals surface area contributed by atoms with Crippen LogP contribution < -0.4 is 15.4 Å². The topological polar surface area (TPSA) is 59.6 Å². The summed E-state index contributed by atoms with van der Waals surface area (Å²) in [6, 6.07) is 16.8. The molecule has 2 aromatic rings. The van der Waals surface area contributed by atoms with Gasteiger partial charge in [-0.15, -0.1) is 12.4 Å². The number of methoxy groups -OCH3 is 1. The third-order valence-corrected chi connectivity index (χ3v) is 4.83. The Morgan fingerprint density at radius 1 is 1.04 bits per heavy atom. The van der Waals surface area contributed by atoms with Gasteiger partial charge in [0.05, 0.1) is 6.61 Å². The van der Waals surface area contributed by atoms with Crippen LogP contribution in [-0.4, -0.2) is 39.3 Å². The fourth-order valence-corrected chi connectivity index (χ4v) is 3.30. The summed E-state index contributed by atoms with van der Waals surface area (Å²) in [5.74, 6) is 1.42. The summed E-state index contributed by atoms with van der Waals surface area (Å²) in [7, 11) is 1.72. The number of amides is 1. The van der Waals surface area contributed by atoms with E-state index in [9.17, 15) is 4.79 Å². The summed E-state index contributed by atoms with van der Waals surface area (Å²) in [6.07, 6.45) is 2.01. The van der Waals surface area contributed by atoms with E-state index in [1.165, 1.54) is 0 Å². The number of carbonyl (C=O) groups is 1. The first-order valence-corrected chi connectivity index (χ1v) is 9.02. The van der Waals surface area contributed by atoms with Gasteiger partial charge in [-0.2, -0.15) is 0 Å². The lowest BCUT2D eigenvalue weighted by Gasteiger charge is -2.37. The number of carbonyl (C=O) groups excluding carboxylic acids is 1. The molecule has 3 rings (SSSR count). The Balaban J connectivity index is 0.00000261. The maximum atomic E-state index is 12.5. The Morgan fingerprint density at radius 2 is 1.67 bits per heavy atom. The van der Waals surface area contributed by atoms with Crippen LogP contribution in [0, 0.1) is 5.41 Å². The minimum absolute atomic E-state index is 0. The Labute approximate surface area is 166 Å². The molecule has 1 amide bonds. The second kappa shape index (κ2) is 10.3. The van der Waals surface area contributed by atoms with Crippen LogP contribution >= 0.6 is 12.4 Å². The lowest BCUT2D eigenvalue weighted by Crippen LogP contribution is -2.47. The minimum Gasteiger partial charge on any atom is -0.457 e. The molecule has 5 nitrogen and oxygen atoms in total. The highest BCUT2D eigenvalue weighted by Gasteiger charge is 2.32. The molecule has 0 bridgehead atoms. The first-order chi connectivity index (χ1) is 12.7. The number of hydrogen-bond donors (Lipinski definition) is 2. The summed E-state index contributed by atoms with van der Waals surface area (Å²) in [5.41, 5.74) is 0.651. The average Bonchev–Trinajstić information content (AvgIpc) is 2.69. The normalized spacial score (nSPS) is 15.4. The summed E-state index contributed by atoms with van der Waals surface area (Å²) in [6.45, 7) is 3.22. The fourth-order valence-electron chi connectivity index (χ4n) is 3.30. The van der Waals surface area contributed by atoms with Gasteiger partial charge in [0, 0.05) is 24.6 Å². The summed E-state index contributed by atoms with van der Waals surface area (Å²) >= 11 is 0. The molecule has 0 radical (unpaired) electrons. The lowest BCUT2D eigenvalue weighted by atomic mass is 9.79. The molecule has 1 heterocycles. The van der Waals surface area contributed by atoms with Crippen LogP contribution in [0.15, 0.2) is 54.6 Å². The molecule has 2 aromatic carbocycles. The van der Waals surface area contributed by atoms with E-state index in [1.807, 2.05) is 42.5 Å².